The standard InChI is InChI=1S/C19H20IN3O3/c1-14-4-2-3-5-15(14)13-21-8-10-22(11-9-21)19(24)17-12-16(23(25)26)6-7-18(17)20/h2-7,12H,8-11,13H2,1H3. The highest BCUT2D eigenvalue weighted by Gasteiger charge is 2.25. The molecule has 0 bridgehead atoms. The molecule has 1 fully saturated rings. The summed E-state index contributed by atoms with van der Waals surface area (Å²) in [6.45, 7) is 5.84. The van der Waals surface area contributed by atoms with E-state index in [2.05, 4.69) is 46.5 Å². The molecule has 0 aliphatic carbocycles. The molecule has 1 heterocycles. The predicted octanol–water partition coefficient (Wildman–Crippen LogP) is 3.47. The Kier molecular flexibility index (Phi) is 5.87. The van der Waals surface area contributed by atoms with Gasteiger partial charge in [-0.15, -0.1) is 0 Å². The van der Waals surface area contributed by atoms with Crippen molar-refractivity contribution in [1.82, 2.24) is 9.80 Å². The first-order valence-electron chi connectivity index (χ1n) is 8.46. The third kappa shape index (κ3) is 4.21. The van der Waals surface area contributed by atoms with Gasteiger partial charge >= 0.3 is 0 Å². The van der Waals surface area contributed by atoms with Gasteiger partial charge in [0.2, 0.25) is 0 Å². The van der Waals surface area contributed by atoms with Gasteiger partial charge in [-0.2, -0.15) is 0 Å². The Balaban J connectivity index is 1.65. The molecule has 1 saturated heterocycles. The molecule has 0 aromatic heterocycles. The van der Waals surface area contributed by atoms with E-state index in [4.69, 9.17) is 0 Å². The number of rotatable bonds is 4. The largest absolute Gasteiger partial charge is 0.336 e. The third-order valence-electron chi connectivity index (χ3n) is 4.71. The molecule has 136 valence electrons. The number of hydrogen-bond donors (Lipinski definition) is 0. The van der Waals surface area contributed by atoms with Crippen molar-refractivity contribution in [1.29, 1.82) is 0 Å². The maximum atomic E-state index is 12.8. The number of carbonyl (C=O) groups excluding carboxylic acids is 1. The number of halogens is 1. The molecule has 0 spiro atoms. The van der Waals surface area contributed by atoms with Crippen molar-refractivity contribution >= 4 is 34.2 Å². The SMILES string of the molecule is Cc1ccccc1CN1CCN(C(=O)c2cc([N+](=O)[O-])ccc2I)CC1. The van der Waals surface area contributed by atoms with Crippen molar-refractivity contribution < 1.29 is 9.72 Å². The van der Waals surface area contributed by atoms with Crippen LogP contribution in [0.25, 0.3) is 0 Å². The van der Waals surface area contributed by atoms with E-state index in [0.717, 1.165) is 23.2 Å². The van der Waals surface area contributed by atoms with Gasteiger partial charge in [0.05, 0.1) is 10.5 Å². The van der Waals surface area contributed by atoms with Gasteiger partial charge < -0.3 is 4.90 Å². The van der Waals surface area contributed by atoms with Crippen LogP contribution in [-0.4, -0.2) is 46.8 Å². The zero-order valence-corrected chi connectivity index (χ0v) is 16.7. The van der Waals surface area contributed by atoms with Crippen LogP contribution in [0.1, 0.15) is 21.5 Å². The lowest BCUT2D eigenvalue weighted by Gasteiger charge is -2.35. The molecule has 7 heteroatoms. The Hall–Kier alpha value is -2.00. The Morgan fingerprint density at radius 2 is 1.85 bits per heavy atom. The van der Waals surface area contributed by atoms with Gasteiger partial charge in [0.25, 0.3) is 11.6 Å². The Morgan fingerprint density at radius 3 is 2.50 bits per heavy atom. The fraction of sp³-hybridized carbons (Fsp3) is 0.316. The summed E-state index contributed by atoms with van der Waals surface area (Å²) in [7, 11) is 0. The average molecular weight is 465 g/mol. The number of nitro groups is 1. The van der Waals surface area contributed by atoms with E-state index in [9.17, 15) is 14.9 Å². The van der Waals surface area contributed by atoms with E-state index >= 15 is 0 Å². The van der Waals surface area contributed by atoms with Crippen LogP contribution in [0.5, 0.6) is 0 Å². The molecular formula is C19H20IN3O3. The van der Waals surface area contributed by atoms with Crippen LogP contribution in [-0.2, 0) is 6.54 Å². The number of amides is 1. The molecule has 0 unspecified atom stereocenters. The number of nitrogens with zero attached hydrogens (tertiary/aromatic N) is 3. The summed E-state index contributed by atoms with van der Waals surface area (Å²) in [6, 6.07) is 12.8. The van der Waals surface area contributed by atoms with Gasteiger partial charge in [0, 0.05) is 48.4 Å². The van der Waals surface area contributed by atoms with Gasteiger partial charge in [-0.3, -0.25) is 19.8 Å². The number of benzene rings is 2. The number of non-ortho nitro benzene ring substituents is 1. The first-order chi connectivity index (χ1) is 12.5. The smallest absolute Gasteiger partial charge is 0.270 e. The number of carbonyl (C=O) groups is 1. The lowest BCUT2D eigenvalue weighted by Crippen LogP contribution is -2.48. The minimum absolute atomic E-state index is 0.0491. The molecule has 2 aromatic rings. The summed E-state index contributed by atoms with van der Waals surface area (Å²) in [5, 5.41) is 11.0. The molecule has 0 N–H and O–H groups in total. The quantitative estimate of drug-likeness (QED) is 0.394. The summed E-state index contributed by atoms with van der Waals surface area (Å²) in [5.74, 6) is -0.131. The van der Waals surface area contributed by atoms with E-state index in [1.165, 1.54) is 23.3 Å². The fourth-order valence-electron chi connectivity index (χ4n) is 3.10. The molecule has 0 saturated carbocycles. The molecule has 0 atom stereocenters. The van der Waals surface area contributed by atoms with Gasteiger partial charge in [-0.25, -0.2) is 0 Å². The molecule has 2 aromatic carbocycles. The molecule has 0 radical (unpaired) electrons. The first-order valence-corrected chi connectivity index (χ1v) is 9.53. The number of aryl methyl sites for hydroxylation is 1. The van der Waals surface area contributed by atoms with Gasteiger partial charge in [-0.05, 0) is 46.7 Å². The number of nitro benzene ring substituents is 1. The topological polar surface area (TPSA) is 66.7 Å². The highest BCUT2D eigenvalue weighted by Crippen LogP contribution is 2.22. The van der Waals surface area contributed by atoms with Gasteiger partial charge in [0.15, 0.2) is 0 Å². The third-order valence-corrected chi connectivity index (χ3v) is 5.65. The van der Waals surface area contributed by atoms with Crippen LogP contribution in [0.3, 0.4) is 0 Å². The highest BCUT2D eigenvalue weighted by molar-refractivity contribution is 14.1. The molecule has 6 nitrogen and oxygen atoms in total. The van der Waals surface area contributed by atoms with Crippen LogP contribution in [0.15, 0.2) is 42.5 Å². The van der Waals surface area contributed by atoms with E-state index in [-0.39, 0.29) is 11.6 Å². The Labute approximate surface area is 166 Å². The second-order valence-electron chi connectivity index (χ2n) is 6.42. The van der Waals surface area contributed by atoms with Crippen LogP contribution < -0.4 is 0 Å². The molecule has 3 rings (SSSR count). The number of hydrogen-bond acceptors (Lipinski definition) is 4. The summed E-state index contributed by atoms with van der Waals surface area (Å²) < 4.78 is 0.737. The Morgan fingerprint density at radius 1 is 1.15 bits per heavy atom. The summed E-state index contributed by atoms with van der Waals surface area (Å²) in [6.07, 6.45) is 0. The maximum absolute atomic E-state index is 12.8. The lowest BCUT2D eigenvalue weighted by molar-refractivity contribution is -0.384. The van der Waals surface area contributed by atoms with Crippen molar-refractivity contribution in [2.75, 3.05) is 26.2 Å². The monoisotopic (exact) mass is 465 g/mol. The zero-order valence-electron chi connectivity index (χ0n) is 14.5. The second-order valence-corrected chi connectivity index (χ2v) is 7.58. The fourth-order valence-corrected chi connectivity index (χ4v) is 3.66. The minimum Gasteiger partial charge on any atom is -0.336 e. The summed E-state index contributed by atoms with van der Waals surface area (Å²) in [4.78, 5) is 27.4. The molecule has 1 amide bonds. The van der Waals surface area contributed by atoms with Crippen LogP contribution >= 0.6 is 22.6 Å². The maximum Gasteiger partial charge on any atom is 0.270 e. The first kappa shape index (κ1) is 18.8. The molecular weight excluding hydrogens is 445 g/mol. The van der Waals surface area contributed by atoms with E-state index < -0.39 is 4.92 Å². The number of piperazine rings is 1. The van der Waals surface area contributed by atoms with Crippen LogP contribution in [0.2, 0.25) is 0 Å². The predicted molar refractivity (Wildman–Crippen MR) is 108 cm³/mol. The van der Waals surface area contributed by atoms with Gasteiger partial charge in [0.1, 0.15) is 0 Å². The lowest BCUT2D eigenvalue weighted by atomic mass is 10.1. The molecule has 1 aliphatic heterocycles. The van der Waals surface area contributed by atoms with E-state index in [0.29, 0.717) is 18.7 Å². The van der Waals surface area contributed by atoms with Crippen molar-refractivity contribution in [3.63, 3.8) is 0 Å². The van der Waals surface area contributed by atoms with Crippen molar-refractivity contribution in [3.8, 4) is 0 Å². The van der Waals surface area contributed by atoms with Gasteiger partial charge in [-0.1, -0.05) is 24.3 Å². The summed E-state index contributed by atoms with van der Waals surface area (Å²) in [5.41, 5.74) is 2.94. The van der Waals surface area contributed by atoms with Crippen molar-refractivity contribution in [2.24, 2.45) is 0 Å². The van der Waals surface area contributed by atoms with E-state index in [1.807, 2.05) is 12.1 Å². The minimum atomic E-state index is -0.465. The van der Waals surface area contributed by atoms with E-state index in [1.54, 1.807) is 11.0 Å². The normalized spacial score (nSPS) is 15.1. The average Bonchev–Trinajstić information content (AvgIpc) is 2.64. The van der Waals surface area contributed by atoms with Crippen molar-refractivity contribution in [2.45, 2.75) is 13.5 Å². The zero-order chi connectivity index (χ0) is 18.7. The highest BCUT2D eigenvalue weighted by atomic mass is 127. The van der Waals surface area contributed by atoms with Crippen molar-refractivity contribution in [3.05, 3.63) is 72.8 Å². The second kappa shape index (κ2) is 8.13. The van der Waals surface area contributed by atoms with Crippen LogP contribution in [0, 0.1) is 20.6 Å². The molecule has 1 aliphatic rings. The molecule has 26 heavy (non-hydrogen) atoms. The Bertz CT molecular complexity index is 833. The van der Waals surface area contributed by atoms with Crippen LogP contribution in [0.4, 0.5) is 5.69 Å². The summed E-state index contributed by atoms with van der Waals surface area (Å²) >= 11 is 2.05.